The molecule has 0 aliphatic rings. The van der Waals surface area contributed by atoms with E-state index in [0.29, 0.717) is 29.1 Å². The summed E-state index contributed by atoms with van der Waals surface area (Å²) in [5, 5.41) is 0. The molecule has 0 unspecified atom stereocenters. The average Bonchev–Trinajstić information content (AvgIpc) is 2.99. The molecule has 1 aromatic heterocycles. The van der Waals surface area contributed by atoms with Crippen molar-refractivity contribution >= 4 is 6.16 Å². The lowest BCUT2D eigenvalue weighted by atomic mass is 10.1. The van der Waals surface area contributed by atoms with E-state index in [1.165, 1.54) is 12.1 Å². The molecule has 3 aromatic rings. The van der Waals surface area contributed by atoms with Gasteiger partial charge in [0.2, 0.25) is 0 Å². The van der Waals surface area contributed by atoms with E-state index in [1.807, 2.05) is 6.07 Å². The third-order valence-electron chi connectivity index (χ3n) is 3.38. The Hall–Kier alpha value is -3.34. The van der Waals surface area contributed by atoms with Crippen LogP contribution in [0.15, 0.2) is 77.7 Å². The molecule has 25 heavy (non-hydrogen) atoms. The van der Waals surface area contributed by atoms with Crippen LogP contribution in [0.4, 0.5) is 9.18 Å². The highest BCUT2D eigenvalue weighted by molar-refractivity contribution is 5.68. The fourth-order valence-electron chi connectivity index (χ4n) is 2.23. The van der Waals surface area contributed by atoms with Gasteiger partial charge in [-0.3, -0.25) is 0 Å². The van der Waals surface area contributed by atoms with Gasteiger partial charge >= 0.3 is 6.16 Å². The minimum atomic E-state index is -0.906. The summed E-state index contributed by atoms with van der Waals surface area (Å²) in [5.74, 6) is 0.507. The predicted molar refractivity (Wildman–Crippen MR) is 91.1 cm³/mol. The standard InChI is InChI=1S/C20H15FO4/c1-2-6-15-13-18(14-9-11-16(21)12-10-14)24-19(15)25-20(22)23-17-7-4-3-5-8-17/h2-5,7-13H,1,6H2. The Balaban J connectivity index is 1.80. The van der Waals surface area contributed by atoms with Gasteiger partial charge < -0.3 is 13.9 Å². The normalized spacial score (nSPS) is 10.3. The SMILES string of the molecule is C=CCc1cc(-c2ccc(F)cc2)oc1OC(=O)Oc1ccccc1. The van der Waals surface area contributed by atoms with Gasteiger partial charge in [-0.15, -0.1) is 6.58 Å². The molecule has 4 nitrogen and oxygen atoms in total. The molecule has 1 heterocycles. The van der Waals surface area contributed by atoms with Crippen LogP contribution in [-0.2, 0) is 6.42 Å². The quantitative estimate of drug-likeness (QED) is 0.355. The molecule has 0 spiro atoms. The number of halogens is 1. The lowest BCUT2D eigenvalue weighted by Crippen LogP contribution is -2.14. The van der Waals surface area contributed by atoms with E-state index in [4.69, 9.17) is 13.9 Å². The molecule has 0 saturated carbocycles. The highest BCUT2D eigenvalue weighted by atomic mass is 19.1. The van der Waals surface area contributed by atoms with Crippen LogP contribution < -0.4 is 9.47 Å². The van der Waals surface area contributed by atoms with E-state index in [2.05, 4.69) is 6.58 Å². The Morgan fingerprint density at radius 1 is 1.08 bits per heavy atom. The van der Waals surface area contributed by atoms with Crippen molar-refractivity contribution in [3.8, 4) is 23.0 Å². The topological polar surface area (TPSA) is 48.7 Å². The first-order valence-electron chi connectivity index (χ1n) is 7.60. The number of furan rings is 1. The van der Waals surface area contributed by atoms with Crippen LogP contribution in [0.3, 0.4) is 0 Å². The maximum atomic E-state index is 13.1. The highest BCUT2D eigenvalue weighted by Gasteiger charge is 2.18. The number of hydrogen-bond acceptors (Lipinski definition) is 4. The Morgan fingerprint density at radius 3 is 2.48 bits per heavy atom. The highest BCUT2D eigenvalue weighted by Crippen LogP contribution is 2.32. The molecule has 0 fully saturated rings. The monoisotopic (exact) mass is 338 g/mol. The van der Waals surface area contributed by atoms with Gasteiger partial charge in [0.05, 0.1) is 0 Å². The first-order valence-corrected chi connectivity index (χ1v) is 7.60. The summed E-state index contributed by atoms with van der Waals surface area (Å²) >= 11 is 0. The summed E-state index contributed by atoms with van der Waals surface area (Å²) in [4.78, 5) is 11.9. The fraction of sp³-hybridized carbons (Fsp3) is 0.0500. The van der Waals surface area contributed by atoms with Gasteiger partial charge in [0.25, 0.3) is 5.95 Å². The third kappa shape index (κ3) is 4.14. The van der Waals surface area contributed by atoms with Crippen molar-refractivity contribution in [1.29, 1.82) is 0 Å². The van der Waals surface area contributed by atoms with Crippen molar-refractivity contribution in [2.24, 2.45) is 0 Å². The van der Waals surface area contributed by atoms with E-state index >= 15 is 0 Å². The van der Waals surface area contributed by atoms with Crippen molar-refractivity contribution < 1.29 is 23.1 Å². The summed E-state index contributed by atoms with van der Waals surface area (Å²) in [7, 11) is 0. The zero-order chi connectivity index (χ0) is 17.6. The van der Waals surface area contributed by atoms with Crippen molar-refractivity contribution in [2.45, 2.75) is 6.42 Å². The zero-order valence-corrected chi connectivity index (χ0v) is 13.3. The molecule has 0 aliphatic carbocycles. The van der Waals surface area contributed by atoms with Gasteiger partial charge in [0.1, 0.15) is 17.3 Å². The Kier molecular flexibility index (Phi) is 4.95. The molecule has 0 aliphatic heterocycles. The number of carbonyl (C=O) groups is 1. The van der Waals surface area contributed by atoms with Gasteiger partial charge in [-0.05, 0) is 48.9 Å². The van der Waals surface area contributed by atoms with Crippen LogP contribution >= 0.6 is 0 Å². The molecule has 0 atom stereocenters. The van der Waals surface area contributed by atoms with Crippen LogP contribution in [0.1, 0.15) is 5.56 Å². The Labute approximate surface area is 144 Å². The average molecular weight is 338 g/mol. The molecule has 0 amide bonds. The van der Waals surface area contributed by atoms with Crippen molar-refractivity contribution in [1.82, 2.24) is 0 Å². The van der Waals surface area contributed by atoms with Gasteiger partial charge in [-0.25, -0.2) is 9.18 Å². The third-order valence-corrected chi connectivity index (χ3v) is 3.38. The number of benzene rings is 2. The lowest BCUT2D eigenvalue weighted by molar-refractivity contribution is 0.140. The summed E-state index contributed by atoms with van der Waals surface area (Å²) in [6, 6.07) is 16.1. The first-order chi connectivity index (χ1) is 12.2. The molecular weight excluding hydrogens is 323 g/mol. The van der Waals surface area contributed by atoms with Crippen LogP contribution in [0.25, 0.3) is 11.3 Å². The van der Waals surface area contributed by atoms with E-state index in [-0.39, 0.29) is 11.8 Å². The molecule has 126 valence electrons. The number of rotatable bonds is 5. The minimum Gasteiger partial charge on any atom is -0.425 e. The van der Waals surface area contributed by atoms with E-state index < -0.39 is 6.16 Å². The number of hydrogen-bond donors (Lipinski definition) is 0. The molecule has 2 aromatic carbocycles. The smallest absolute Gasteiger partial charge is 0.425 e. The first kappa shape index (κ1) is 16.5. The molecule has 3 rings (SSSR count). The van der Waals surface area contributed by atoms with Gasteiger partial charge in [0.15, 0.2) is 0 Å². The fourth-order valence-corrected chi connectivity index (χ4v) is 2.23. The maximum Gasteiger partial charge on any atom is 0.521 e. The van der Waals surface area contributed by atoms with E-state index in [1.54, 1.807) is 48.5 Å². The van der Waals surface area contributed by atoms with E-state index in [9.17, 15) is 9.18 Å². The number of carbonyl (C=O) groups excluding carboxylic acids is 1. The summed E-state index contributed by atoms with van der Waals surface area (Å²) in [5.41, 5.74) is 1.30. The number of para-hydroxylation sites is 1. The molecule has 0 radical (unpaired) electrons. The van der Waals surface area contributed by atoms with Crippen molar-refractivity contribution in [3.05, 3.63) is 84.7 Å². The molecule has 0 N–H and O–H groups in total. The van der Waals surface area contributed by atoms with Gasteiger partial charge in [0, 0.05) is 11.1 Å². The summed E-state index contributed by atoms with van der Waals surface area (Å²) < 4.78 is 28.9. The van der Waals surface area contributed by atoms with Crippen LogP contribution in [-0.4, -0.2) is 6.16 Å². The zero-order valence-electron chi connectivity index (χ0n) is 13.3. The Morgan fingerprint density at radius 2 is 1.80 bits per heavy atom. The van der Waals surface area contributed by atoms with Gasteiger partial charge in [-0.1, -0.05) is 24.3 Å². The number of ether oxygens (including phenoxy) is 2. The molecule has 0 saturated heterocycles. The molecule has 0 bridgehead atoms. The second-order valence-electron chi connectivity index (χ2n) is 5.19. The second-order valence-corrected chi connectivity index (χ2v) is 5.19. The number of allylic oxidation sites excluding steroid dienone is 1. The van der Waals surface area contributed by atoms with Crippen LogP contribution in [0.2, 0.25) is 0 Å². The van der Waals surface area contributed by atoms with E-state index in [0.717, 1.165) is 0 Å². The minimum absolute atomic E-state index is 0.0279. The Bertz CT molecular complexity index is 866. The van der Waals surface area contributed by atoms with Crippen molar-refractivity contribution in [2.75, 3.05) is 0 Å². The van der Waals surface area contributed by atoms with Crippen LogP contribution in [0.5, 0.6) is 11.7 Å². The summed E-state index contributed by atoms with van der Waals surface area (Å²) in [6.07, 6.45) is 1.20. The van der Waals surface area contributed by atoms with Crippen molar-refractivity contribution in [3.63, 3.8) is 0 Å². The largest absolute Gasteiger partial charge is 0.521 e. The second kappa shape index (κ2) is 7.49. The van der Waals surface area contributed by atoms with Crippen LogP contribution in [0, 0.1) is 5.82 Å². The maximum absolute atomic E-state index is 13.1. The molecular formula is C20H15FO4. The predicted octanol–water partition coefficient (Wildman–Crippen LogP) is 5.39. The lowest BCUT2D eigenvalue weighted by Gasteiger charge is -2.04. The molecule has 5 heteroatoms. The van der Waals surface area contributed by atoms with Gasteiger partial charge in [-0.2, -0.15) is 0 Å². The summed E-state index contributed by atoms with van der Waals surface area (Å²) in [6.45, 7) is 3.67.